The number of likely N-dealkylation sites (N-methyl/N-ethyl adjacent to an activating group) is 2. The first-order valence-electron chi connectivity index (χ1n) is 11.4. The van der Waals surface area contributed by atoms with Gasteiger partial charge in [-0.2, -0.15) is 4.98 Å². The molecule has 0 amide bonds. The van der Waals surface area contributed by atoms with Crippen molar-refractivity contribution < 1.29 is 9.47 Å². The predicted molar refractivity (Wildman–Crippen MR) is 143 cm³/mol. The summed E-state index contributed by atoms with van der Waals surface area (Å²) in [5.41, 5.74) is 9.68. The molecule has 4 aromatic rings. The molecule has 0 bridgehead atoms. The Morgan fingerprint density at radius 1 is 1.03 bits per heavy atom. The minimum absolute atomic E-state index is 0.244. The number of hydrogen-bond donors (Lipinski definition) is 2. The quantitative estimate of drug-likeness (QED) is 0.340. The lowest BCUT2D eigenvalue weighted by molar-refractivity contribution is 0.408. The Kier molecular flexibility index (Phi) is 7.02. The summed E-state index contributed by atoms with van der Waals surface area (Å²) in [5.74, 6) is 1.53. The van der Waals surface area contributed by atoms with Crippen LogP contribution in [0.3, 0.4) is 0 Å². The highest BCUT2D eigenvalue weighted by molar-refractivity contribution is 5.80. The molecule has 0 fully saturated rings. The maximum Gasteiger partial charge on any atom is 0.334 e. The molecule has 0 radical (unpaired) electrons. The van der Waals surface area contributed by atoms with Gasteiger partial charge in [-0.05, 0) is 32.3 Å². The number of methoxy groups -OCH3 is 2. The van der Waals surface area contributed by atoms with Gasteiger partial charge in [0, 0.05) is 33.3 Å². The Balaban J connectivity index is 1.74. The normalized spacial score (nSPS) is 11.2. The molecule has 36 heavy (non-hydrogen) atoms. The Labute approximate surface area is 209 Å². The zero-order valence-corrected chi connectivity index (χ0v) is 21.4. The number of aromatic nitrogens is 4. The third kappa shape index (κ3) is 4.65. The smallest absolute Gasteiger partial charge is 0.334 e. The van der Waals surface area contributed by atoms with Crippen LogP contribution >= 0.6 is 0 Å². The molecule has 0 atom stereocenters. The van der Waals surface area contributed by atoms with Crippen LogP contribution in [0.25, 0.3) is 16.9 Å². The van der Waals surface area contributed by atoms with E-state index in [0.717, 1.165) is 24.3 Å². The lowest BCUT2D eigenvalue weighted by Crippen LogP contribution is -2.29. The van der Waals surface area contributed by atoms with Gasteiger partial charge in [-0.3, -0.25) is 4.57 Å². The first kappa shape index (κ1) is 24.9. The van der Waals surface area contributed by atoms with Crippen molar-refractivity contribution in [3.63, 3.8) is 0 Å². The summed E-state index contributed by atoms with van der Waals surface area (Å²) in [6.07, 6.45) is 1.53. The summed E-state index contributed by atoms with van der Waals surface area (Å²) in [4.78, 5) is 26.3. The van der Waals surface area contributed by atoms with Gasteiger partial charge in [0.2, 0.25) is 5.95 Å². The van der Waals surface area contributed by atoms with Gasteiger partial charge in [0.15, 0.2) is 11.6 Å². The van der Waals surface area contributed by atoms with Crippen LogP contribution in [0.15, 0.2) is 47.4 Å². The summed E-state index contributed by atoms with van der Waals surface area (Å²) >= 11 is 0. The SMILES string of the molecule is COc1cc(N(C)CCN(C)C)c(N)cc1Nc1ncc(OC)c(-n2c(=O)n(C)c3ccccc32)n1. The number of nitrogens with two attached hydrogens (primary N) is 1. The van der Waals surface area contributed by atoms with Gasteiger partial charge in [-0.15, -0.1) is 0 Å². The van der Waals surface area contributed by atoms with E-state index in [4.69, 9.17) is 15.2 Å². The molecule has 11 nitrogen and oxygen atoms in total. The molecule has 190 valence electrons. The summed E-state index contributed by atoms with van der Waals surface area (Å²) in [6, 6.07) is 11.2. The zero-order chi connectivity index (χ0) is 26.0. The second-order valence-corrected chi connectivity index (χ2v) is 8.71. The molecule has 4 rings (SSSR count). The van der Waals surface area contributed by atoms with Gasteiger partial charge in [-0.1, -0.05) is 12.1 Å². The highest BCUT2D eigenvalue weighted by Crippen LogP contribution is 2.36. The third-order valence-electron chi connectivity index (χ3n) is 6.02. The molecular weight excluding hydrogens is 460 g/mol. The molecule has 3 N–H and O–H groups in total. The van der Waals surface area contributed by atoms with Crippen molar-refractivity contribution in [3.8, 4) is 17.3 Å². The summed E-state index contributed by atoms with van der Waals surface area (Å²) in [5, 5.41) is 3.18. The van der Waals surface area contributed by atoms with E-state index in [1.165, 1.54) is 17.9 Å². The van der Waals surface area contributed by atoms with Crippen LogP contribution in [0.1, 0.15) is 0 Å². The minimum Gasteiger partial charge on any atom is -0.494 e. The van der Waals surface area contributed by atoms with E-state index in [1.807, 2.05) is 51.5 Å². The zero-order valence-electron chi connectivity index (χ0n) is 21.4. The van der Waals surface area contributed by atoms with Crippen molar-refractivity contribution in [2.24, 2.45) is 7.05 Å². The molecule has 2 heterocycles. The Morgan fingerprint density at radius 2 is 1.72 bits per heavy atom. The van der Waals surface area contributed by atoms with Crippen LogP contribution in [-0.4, -0.2) is 72.5 Å². The van der Waals surface area contributed by atoms with E-state index in [2.05, 4.69) is 25.1 Å². The molecule has 0 saturated carbocycles. The molecule has 0 spiro atoms. The number of rotatable bonds is 9. The molecule has 0 saturated heterocycles. The van der Waals surface area contributed by atoms with Crippen LogP contribution in [0.4, 0.5) is 23.0 Å². The highest BCUT2D eigenvalue weighted by Gasteiger charge is 2.19. The van der Waals surface area contributed by atoms with Gasteiger partial charge >= 0.3 is 5.69 Å². The topological polar surface area (TPSA) is 116 Å². The Bertz CT molecular complexity index is 1440. The number of fused-ring (bicyclic) bond motifs is 1. The van der Waals surface area contributed by atoms with E-state index in [0.29, 0.717) is 34.2 Å². The number of anilines is 4. The van der Waals surface area contributed by atoms with Gasteiger partial charge in [0.25, 0.3) is 0 Å². The van der Waals surface area contributed by atoms with Gasteiger partial charge in [0.1, 0.15) is 5.75 Å². The largest absolute Gasteiger partial charge is 0.494 e. The molecule has 2 aromatic carbocycles. The summed E-state index contributed by atoms with van der Waals surface area (Å²) < 4.78 is 14.2. The van der Waals surface area contributed by atoms with Crippen molar-refractivity contribution in [3.05, 3.63) is 53.1 Å². The monoisotopic (exact) mass is 492 g/mol. The van der Waals surface area contributed by atoms with Gasteiger partial charge < -0.3 is 30.3 Å². The maximum absolute atomic E-state index is 13.1. The van der Waals surface area contributed by atoms with Gasteiger partial charge in [0.05, 0.1) is 48.5 Å². The molecule has 0 aliphatic rings. The Hall–Kier alpha value is -4.25. The summed E-state index contributed by atoms with van der Waals surface area (Å²) in [6.45, 7) is 1.69. The lowest BCUT2D eigenvalue weighted by Gasteiger charge is -2.24. The average Bonchev–Trinajstić information content (AvgIpc) is 3.12. The molecule has 0 aliphatic carbocycles. The number of para-hydroxylation sites is 2. The van der Waals surface area contributed by atoms with Crippen molar-refractivity contribution in [1.82, 2.24) is 24.0 Å². The fraction of sp³-hybridized carbons (Fsp3) is 0.320. The van der Waals surface area contributed by atoms with Gasteiger partial charge in [-0.25, -0.2) is 14.3 Å². The molecule has 0 aliphatic heterocycles. The third-order valence-corrected chi connectivity index (χ3v) is 6.02. The van der Waals surface area contributed by atoms with E-state index < -0.39 is 0 Å². The van der Waals surface area contributed by atoms with Crippen LogP contribution < -0.4 is 31.1 Å². The number of hydrogen-bond acceptors (Lipinski definition) is 9. The first-order valence-corrected chi connectivity index (χ1v) is 11.4. The second-order valence-electron chi connectivity index (χ2n) is 8.71. The van der Waals surface area contributed by atoms with Crippen LogP contribution in [0.5, 0.6) is 11.5 Å². The van der Waals surface area contributed by atoms with Crippen LogP contribution in [0.2, 0.25) is 0 Å². The number of imidazole rings is 1. The van der Waals surface area contributed by atoms with E-state index >= 15 is 0 Å². The average molecular weight is 493 g/mol. The van der Waals surface area contributed by atoms with E-state index in [-0.39, 0.29) is 11.6 Å². The number of benzene rings is 2. The fourth-order valence-corrected chi connectivity index (χ4v) is 4.00. The predicted octanol–water partition coefficient (Wildman–Crippen LogP) is 2.46. The number of nitrogens with zero attached hydrogens (tertiary/aromatic N) is 6. The van der Waals surface area contributed by atoms with Crippen molar-refractivity contribution in [2.75, 3.05) is 64.4 Å². The van der Waals surface area contributed by atoms with Crippen molar-refractivity contribution in [1.29, 1.82) is 0 Å². The van der Waals surface area contributed by atoms with E-state index in [9.17, 15) is 4.79 Å². The highest BCUT2D eigenvalue weighted by atomic mass is 16.5. The first-order chi connectivity index (χ1) is 17.2. The molecule has 11 heteroatoms. The Morgan fingerprint density at radius 3 is 2.39 bits per heavy atom. The standard InChI is InChI=1S/C25H32N8O3/c1-30(2)11-12-31(3)20-14-21(35-5)17(13-16(20)26)28-24-27-15-22(36-6)23(29-24)33-19-10-8-7-9-18(19)32(4)25(33)34/h7-10,13-15H,11-12,26H2,1-6H3,(H,27,28,29). The summed E-state index contributed by atoms with van der Waals surface area (Å²) in [7, 11) is 10.9. The van der Waals surface area contributed by atoms with Crippen LogP contribution in [0, 0.1) is 0 Å². The molecular formula is C25H32N8O3. The van der Waals surface area contributed by atoms with Crippen LogP contribution in [-0.2, 0) is 7.05 Å². The number of ether oxygens (including phenoxy) is 2. The number of nitrogen functional groups attached to an aromatic ring is 1. The minimum atomic E-state index is -0.244. The number of aryl methyl sites for hydroxylation is 1. The molecule has 0 unspecified atom stereocenters. The van der Waals surface area contributed by atoms with E-state index in [1.54, 1.807) is 24.8 Å². The van der Waals surface area contributed by atoms with Crippen molar-refractivity contribution in [2.45, 2.75) is 0 Å². The van der Waals surface area contributed by atoms with Crippen molar-refractivity contribution >= 4 is 34.0 Å². The second kappa shape index (κ2) is 10.2. The fourth-order valence-electron chi connectivity index (χ4n) is 4.00. The lowest BCUT2D eigenvalue weighted by atomic mass is 10.2. The molecule has 2 aromatic heterocycles. The maximum atomic E-state index is 13.1. The number of nitrogens with one attached hydrogen (secondary N) is 1.